The monoisotopic (exact) mass is 395 g/mol. The van der Waals surface area contributed by atoms with E-state index in [1.165, 1.54) is 6.26 Å². The van der Waals surface area contributed by atoms with Gasteiger partial charge in [0.15, 0.2) is 4.67 Å². The first-order valence-electron chi connectivity index (χ1n) is 6.47. The first-order chi connectivity index (χ1) is 10.6. The lowest BCUT2D eigenvalue weighted by Gasteiger charge is -2.17. The molecule has 0 aliphatic heterocycles. The Bertz CT molecular complexity index is 768. The Morgan fingerprint density at radius 2 is 2.05 bits per heavy atom. The number of rotatable bonds is 4. The number of furan rings is 1. The largest absolute Gasteiger partial charge is 0.457 e. The molecule has 0 bridgehead atoms. The number of carbonyl (C=O) groups is 1. The van der Waals surface area contributed by atoms with Gasteiger partial charge in [-0.05, 0) is 45.1 Å². The maximum Gasteiger partial charge on any atom is 0.255 e. The summed E-state index contributed by atoms with van der Waals surface area (Å²) >= 11 is 10.7. The maximum absolute atomic E-state index is 12.4. The Kier molecular flexibility index (Phi) is 4.66. The van der Waals surface area contributed by atoms with Gasteiger partial charge in [-0.15, -0.1) is 11.3 Å². The molecule has 0 saturated heterocycles. The van der Waals surface area contributed by atoms with E-state index in [0.717, 1.165) is 10.4 Å². The van der Waals surface area contributed by atoms with E-state index in [0.29, 0.717) is 15.3 Å². The van der Waals surface area contributed by atoms with Gasteiger partial charge in [0.1, 0.15) is 6.26 Å². The van der Waals surface area contributed by atoms with E-state index >= 15 is 0 Å². The van der Waals surface area contributed by atoms with E-state index < -0.39 is 0 Å². The average molecular weight is 397 g/mol. The molecule has 2 aromatic heterocycles. The third-order valence-electron chi connectivity index (χ3n) is 3.14. The summed E-state index contributed by atoms with van der Waals surface area (Å²) in [6.45, 7) is 0. The van der Waals surface area contributed by atoms with Gasteiger partial charge in [-0.3, -0.25) is 4.79 Å². The zero-order chi connectivity index (χ0) is 15.5. The fraction of sp³-hybridized carbons (Fsp3) is 0.0625. The molecule has 6 heteroatoms. The van der Waals surface area contributed by atoms with Crippen LogP contribution in [0.25, 0.3) is 0 Å². The van der Waals surface area contributed by atoms with Crippen LogP contribution >= 0.6 is 38.9 Å². The average Bonchev–Trinajstić information content (AvgIpc) is 3.17. The second-order valence-corrected chi connectivity index (χ2v) is 6.81. The van der Waals surface area contributed by atoms with Gasteiger partial charge < -0.3 is 9.73 Å². The Balaban J connectivity index is 1.89. The predicted molar refractivity (Wildman–Crippen MR) is 91.5 cm³/mol. The van der Waals surface area contributed by atoms with Crippen molar-refractivity contribution in [2.24, 2.45) is 0 Å². The SMILES string of the molecule is O=C(NC(c1ccc(Cl)cc1)c1cccs1)c1coc(Br)c1. The van der Waals surface area contributed by atoms with Gasteiger partial charge in [0.25, 0.3) is 5.91 Å². The van der Waals surface area contributed by atoms with Gasteiger partial charge in [-0.25, -0.2) is 0 Å². The molecule has 0 spiro atoms. The Morgan fingerprint density at radius 1 is 1.27 bits per heavy atom. The molecule has 112 valence electrons. The zero-order valence-electron chi connectivity index (χ0n) is 11.3. The van der Waals surface area contributed by atoms with E-state index in [-0.39, 0.29) is 11.9 Å². The van der Waals surface area contributed by atoms with Crippen molar-refractivity contribution in [3.05, 3.63) is 79.8 Å². The molecule has 1 atom stereocenters. The molecule has 0 aliphatic rings. The summed E-state index contributed by atoms with van der Waals surface area (Å²) in [5, 5.41) is 5.68. The van der Waals surface area contributed by atoms with Gasteiger partial charge in [0.2, 0.25) is 0 Å². The lowest BCUT2D eigenvalue weighted by molar-refractivity contribution is 0.0943. The zero-order valence-corrected chi connectivity index (χ0v) is 14.4. The first-order valence-corrected chi connectivity index (χ1v) is 8.52. The van der Waals surface area contributed by atoms with Gasteiger partial charge >= 0.3 is 0 Å². The normalized spacial score (nSPS) is 12.1. The van der Waals surface area contributed by atoms with Crippen LogP contribution in [-0.2, 0) is 0 Å². The van der Waals surface area contributed by atoms with Crippen LogP contribution in [0.3, 0.4) is 0 Å². The molecule has 0 saturated carbocycles. The van der Waals surface area contributed by atoms with Gasteiger partial charge in [-0.2, -0.15) is 0 Å². The Hall–Kier alpha value is -1.56. The predicted octanol–water partition coefficient (Wildman–Crippen LogP) is 5.28. The van der Waals surface area contributed by atoms with Crippen molar-refractivity contribution in [2.45, 2.75) is 6.04 Å². The summed E-state index contributed by atoms with van der Waals surface area (Å²) in [7, 11) is 0. The summed E-state index contributed by atoms with van der Waals surface area (Å²) in [6, 6.07) is 12.8. The van der Waals surface area contributed by atoms with Crippen LogP contribution in [-0.4, -0.2) is 5.91 Å². The van der Waals surface area contributed by atoms with E-state index in [1.54, 1.807) is 17.4 Å². The second kappa shape index (κ2) is 6.69. The highest BCUT2D eigenvalue weighted by molar-refractivity contribution is 9.10. The summed E-state index contributed by atoms with van der Waals surface area (Å²) in [4.78, 5) is 13.4. The third-order valence-corrected chi connectivity index (χ3v) is 4.74. The Labute approximate surface area is 145 Å². The molecular formula is C16H11BrClNO2S. The molecule has 0 fully saturated rings. The molecule has 3 rings (SSSR count). The van der Waals surface area contributed by atoms with E-state index in [2.05, 4.69) is 21.2 Å². The van der Waals surface area contributed by atoms with Crippen molar-refractivity contribution >= 4 is 44.8 Å². The first kappa shape index (κ1) is 15.3. The molecule has 1 amide bonds. The number of benzene rings is 1. The molecule has 1 aromatic carbocycles. The number of halogens is 2. The molecule has 3 nitrogen and oxygen atoms in total. The Morgan fingerprint density at radius 3 is 2.64 bits per heavy atom. The smallest absolute Gasteiger partial charge is 0.255 e. The quantitative estimate of drug-likeness (QED) is 0.652. The highest BCUT2D eigenvalue weighted by Crippen LogP contribution is 2.27. The molecule has 1 unspecified atom stereocenters. The molecule has 3 aromatic rings. The number of hydrogen-bond acceptors (Lipinski definition) is 3. The van der Waals surface area contributed by atoms with E-state index in [1.807, 2.05) is 41.8 Å². The highest BCUT2D eigenvalue weighted by Gasteiger charge is 2.19. The highest BCUT2D eigenvalue weighted by atomic mass is 79.9. The van der Waals surface area contributed by atoms with Crippen molar-refractivity contribution in [1.82, 2.24) is 5.32 Å². The minimum absolute atomic E-state index is 0.192. The third kappa shape index (κ3) is 3.43. The van der Waals surface area contributed by atoms with Crippen LogP contribution in [0, 0.1) is 0 Å². The number of amides is 1. The van der Waals surface area contributed by atoms with Gasteiger partial charge in [-0.1, -0.05) is 29.8 Å². The van der Waals surface area contributed by atoms with E-state index in [4.69, 9.17) is 16.0 Å². The second-order valence-electron chi connectivity index (χ2n) is 4.61. The molecule has 22 heavy (non-hydrogen) atoms. The maximum atomic E-state index is 12.4. The van der Waals surface area contributed by atoms with Crippen LogP contribution in [0.15, 0.2) is 63.2 Å². The lowest BCUT2D eigenvalue weighted by atomic mass is 10.0. The van der Waals surface area contributed by atoms with Crippen molar-refractivity contribution < 1.29 is 9.21 Å². The topological polar surface area (TPSA) is 42.2 Å². The molecule has 0 radical (unpaired) electrons. The number of hydrogen-bond donors (Lipinski definition) is 1. The number of nitrogens with one attached hydrogen (secondary N) is 1. The van der Waals surface area contributed by atoms with Gasteiger partial charge in [0, 0.05) is 16.0 Å². The van der Waals surface area contributed by atoms with Crippen LogP contribution in [0.5, 0.6) is 0 Å². The van der Waals surface area contributed by atoms with Crippen molar-refractivity contribution in [2.75, 3.05) is 0 Å². The molecule has 1 N–H and O–H groups in total. The summed E-state index contributed by atoms with van der Waals surface area (Å²) in [5.41, 5.74) is 1.45. The lowest BCUT2D eigenvalue weighted by Crippen LogP contribution is -2.28. The molecular weight excluding hydrogens is 386 g/mol. The number of thiophene rings is 1. The van der Waals surface area contributed by atoms with E-state index in [9.17, 15) is 4.79 Å². The van der Waals surface area contributed by atoms with Crippen molar-refractivity contribution in [1.29, 1.82) is 0 Å². The summed E-state index contributed by atoms with van der Waals surface area (Å²) < 4.78 is 5.65. The van der Waals surface area contributed by atoms with Crippen LogP contribution in [0.2, 0.25) is 5.02 Å². The van der Waals surface area contributed by atoms with Crippen LogP contribution in [0.1, 0.15) is 26.8 Å². The fourth-order valence-corrected chi connectivity index (χ4v) is 3.34. The number of carbonyl (C=O) groups excluding carboxylic acids is 1. The minimum Gasteiger partial charge on any atom is -0.457 e. The minimum atomic E-state index is -0.224. The van der Waals surface area contributed by atoms with Gasteiger partial charge in [0.05, 0.1) is 11.6 Å². The fourth-order valence-electron chi connectivity index (χ4n) is 2.07. The van der Waals surface area contributed by atoms with Crippen molar-refractivity contribution in [3.63, 3.8) is 0 Å². The summed E-state index contributed by atoms with van der Waals surface area (Å²) in [5.74, 6) is -0.192. The van der Waals surface area contributed by atoms with Crippen LogP contribution in [0.4, 0.5) is 0 Å². The van der Waals surface area contributed by atoms with Crippen LogP contribution < -0.4 is 5.32 Å². The van der Waals surface area contributed by atoms with Crippen molar-refractivity contribution in [3.8, 4) is 0 Å². The standard InChI is InChI=1S/C16H11BrClNO2S/c17-14-8-11(9-21-14)16(20)19-15(13-2-1-7-22-13)10-3-5-12(18)6-4-10/h1-9,15H,(H,19,20). The molecule has 2 heterocycles. The summed E-state index contributed by atoms with van der Waals surface area (Å²) in [6.07, 6.45) is 1.42. The molecule has 0 aliphatic carbocycles.